The van der Waals surface area contributed by atoms with Crippen LogP contribution in [0.1, 0.15) is 27.0 Å². The van der Waals surface area contributed by atoms with Crippen LogP contribution in [0.3, 0.4) is 0 Å². The van der Waals surface area contributed by atoms with Gasteiger partial charge >= 0.3 is 0 Å². The minimum atomic E-state index is -0.251. The molecular weight excluding hydrogens is 312 g/mol. The summed E-state index contributed by atoms with van der Waals surface area (Å²) in [6, 6.07) is 12.8. The zero-order chi connectivity index (χ0) is 16.8. The van der Waals surface area contributed by atoms with Gasteiger partial charge in [-0.3, -0.25) is 9.59 Å². The molecule has 23 heavy (non-hydrogen) atoms. The van der Waals surface area contributed by atoms with Gasteiger partial charge in [0.05, 0.1) is 6.54 Å². The molecular formula is C18H19ClN2O2. The predicted octanol–water partition coefficient (Wildman–Crippen LogP) is 3.00. The van der Waals surface area contributed by atoms with Gasteiger partial charge in [0, 0.05) is 17.1 Å². The van der Waals surface area contributed by atoms with Gasteiger partial charge < -0.3 is 10.6 Å². The van der Waals surface area contributed by atoms with Crippen molar-refractivity contribution in [2.75, 3.05) is 6.54 Å². The molecule has 2 rings (SSSR count). The number of hydrogen-bond acceptors (Lipinski definition) is 2. The molecule has 0 unspecified atom stereocenters. The van der Waals surface area contributed by atoms with Crippen LogP contribution in [0.2, 0.25) is 5.02 Å². The molecule has 0 fully saturated rings. The van der Waals surface area contributed by atoms with Gasteiger partial charge in [-0.05, 0) is 43.7 Å². The van der Waals surface area contributed by atoms with Crippen molar-refractivity contribution >= 4 is 23.4 Å². The summed E-state index contributed by atoms with van der Waals surface area (Å²) in [6.07, 6.45) is 0. The first-order valence-electron chi connectivity index (χ1n) is 7.31. The molecule has 2 N–H and O–H groups in total. The quantitative estimate of drug-likeness (QED) is 0.885. The number of benzene rings is 2. The van der Waals surface area contributed by atoms with Crippen LogP contribution in [0.25, 0.3) is 0 Å². The highest BCUT2D eigenvalue weighted by Crippen LogP contribution is 2.09. The maximum Gasteiger partial charge on any atom is 0.251 e. The van der Waals surface area contributed by atoms with Crippen LogP contribution in [-0.4, -0.2) is 18.4 Å². The number of carbonyl (C=O) groups is 2. The molecule has 0 spiro atoms. The van der Waals surface area contributed by atoms with Crippen LogP contribution in [0.15, 0.2) is 42.5 Å². The molecule has 4 nitrogen and oxygen atoms in total. The van der Waals surface area contributed by atoms with Crippen molar-refractivity contribution in [3.8, 4) is 0 Å². The summed E-state index contributed by atoms with van der Waals surface area (Å²) in [6.45, 7) is 4.21. The van der Waals surface area contributed by atoms with Gasteiger partial charge in [0.25, 0.3) is 5.91 Å². The summed E-state index contributed by atoms with van der Waals surface area (Å²) < 4.78 is 0. The van der Waals surface area contributed by atoms with Crippen molar-refractivity contribution < 1.29 is 9.59 Å². The van der Waals surface area contributed by atoms with Crippen molar-refractivity contribution in [1.82, 2.24) is 10.6 Å². The van der Waals surface area contributed by atoms with Crippen LogP contribution in [0.5, 0.6) is 0 Å². The Kier molecular flexibility index (Phi) is 5.77. The summed E-state index contributed by atoms with van der Waals surface area (Å²) in [5, 5.41) is 6.03. The normalized spacial score (nSPS) is 10.2. The molecule has 5 heteroatoms. The second-order valence-corrected chi connectivity index (χ2v) is 5.90. The Labute approximate surface area is 140 Å². The van der Waals surface area contributed by atoms with E-state index >= 15 is 0 Å². The average Bonchev–Trinajstić information content (AvgIpc) is 2.51. The molecule has 2 amide bonds. The molecule has 0 aliphatic rings. The molecule has 0 saturated heterocycles. The molecule has 0 aromatic heterocycles. The Morgan fingerprint density at radius 3 is 2.17 bits per heavy atom. The standard InChI is InChI=1S/C18H19ClN2O2/c1-12-7-13(2)9-15(8-12)18(23)21-11-17(22)20-10-14-3-5-16(19)6-4-14/h3-9H,10-11H2,1-2H3,(H,20,22)(H,21,23). The molecule has 0 heterocycles. The Morgan fingerprint density at radius 1 is 0.957 bits per heavy atom. The lowest BCUT2D eigenvalue weighted by Gasteiger charge is -2.08. The highest BCUT2D eigenvalue weighted by atomic mass is 35.5. The maximum absolute atomic E-state index is 12.1. The SMILES string of the molecule is Cc1cc(C)cc(C(=O)NCC(=O)NCc2ccc(Cl)cc2)c1. The Hall–Kier alpha value is -2.33. The van der Waals surface area contributed by atoms with Gasteiger partial charge in [-0.25, -0.2) is 0 Å². The number of carbonyl (C=O) groups excluding carboxylic acids is 2. The second-order valence-electron chi connectivity index (χ2n) is 5.46. The number of hydrogen-bond donors (Lipinski definition) is 2. The molecule has 0 bridgehead atoms. The van der Waals surface area contributed by atoms with Gasteiger partial charge in [0.2, 0.25) is 5.91 Å². The van der Waals surface area contributed by atoms with Gasteiger partial charge in [-0.2, -0.15) is 0 Å². The van der Waals surface area contributed by atoms with Crippen molar-refractivity contribution in [2.45, 2.75) is 20.4 Å². The number of halogens is 1. The van der Waals surface area contributed by atoms with Crippen LogP contribution < -0.4 is 10.6 Å². The van der Waals surface area contributed by atoms with Crippen molar-refractivity contribution in [1.29, 1.82) is 0 Å². The molecule has 2 aromatic carbocycles. The summed E-state index contributed by atoms with van der Waals surface area (Å²) in [4.78, 5) is 23.9. The van der Waals surface area contributed by atoms with Crippen LogP contribution >= 0.6 is 11.6 Å². The first kappa shape index (κ1) is 17.0. The lowest BCUT2D eigenvalue weighted by molar-refractivity contribution is -0.120. The minimum Gasteiger partial charge on any atom is -0.350 e. The van der Waals surface area contributed by atoms with Gasteiger partial charge in [0.1, 0.15) is 0 Å². The van der Waals surface area contributed by atoms with Crippen molar-refractivity contribution in [3.63, 3.8) is 0 Å². The van der Waals surface area contributed by atoms with E-state index in [-0.39, 0.29) is 18.4 Å². The van der Waals surface area contributed by atoms with Crippen LogP contribution in [0, 0.1) is 13.8 Å². The lowest BCUT2D eigenvalue weighted by atomic mass is 10.1. The summed E-state index contributed by atoms with van der Waals surface area (Å²) in [7, 11) is 0. The number of rotatable bonds is 5. The Balaban J connectivity index is 1.81. The fourth-order valence-electron chi connectivity index (χ4n) is 2.23. The molecule has 0 atom stereocenters. The van der Waals surface area contributed by atoms with E-state index in [9.17, 15) is 9.59 Å². The third kappa shape index (κ3) is 5.42. The Morgan fingerprint density at radius 2 is 1.57 bits per heavy atom. The maximum atomic E-state index is 12.1. The van der Waals surface area contributed by atoms with E-state index in [1.54, 1.807) is 24.3 Å². The minimum absolute atomic E-state index is 0.0561. The predicted molar refractivity (Wildman–Crippen MR) is 91.5 cm³/mol. The van der Waals surface area contributed by atoms with Gasteiger partial charge in [0.15, 0.2) is 0 Å². The first-order valence-corrected chi connectivity index (χ1v) is 7.69. The number of aryl methyl sites for hydroxylation is 2. The molecule has 0 saturated carbocycles. The molecule has 0 radical (unpaired) electrons. The third-order valence-corrected chi connectivity index (χ3v) is 3.55. The Bertz CT molecular complexity index is 691. The summed E-state index contributed by atoms with van der Waals surface area (Å²) >= 11 is 5.80. The van der Waals surface area contributed by atoms with E-state index in [1.807, 2.05) is 32.0 Å². The summed E-state index contributed by atoms with van der Waals surface area (Å²) in [5.41, 5.74) is 3.54. The van der Waals surface area contributed by atoms with E-state index in [0.29, 0.717) is 17.1 Å². The van der Waals surface area contributed by atoms with E-state index in [4.69, 9.17) is 11.6 Å². The monoisotopic (exact) mass is 330 g/mol. The average molecular weight is 331 g/mol. The van der Waals surface area contributed by atoms with E-state index in [2.05, 4.69) is 10.6 Å². The topological polar surface area (TPSA) is 58.2 Å². The number of amides is 2. The summed E-state index contributed by atoms with van der Waals surface area (Å²) in [5.74, 6) is -0.490. The second kappa shape index (κ2) is 7.79. The van der Waals surface area contributed by atoms with Crippen molar-refractivity contribution in [2.24, 2.45) is 0 Å². The van der Waals surface area contributed by atoms with E-state index in [1.165, 1.54) is 0 Å². The van der Waals surface area contributed by atoms with Crippen molar-refractivity contribution in [3.05, 3.63) is 69.7 Å². The fraction of sp³-hybridized carbons (Fsp3) is 0.222. The van der Waals surface area contributed by atoms with E-state index in [0.717, 1.165) is 16.7 Å². The highest BCUT2D eigenvalue weighted by molar-refractivity contribution is 6.30. The molecule has 0 aliphatic heterocycles. The van der Waals surface area contributed by atoms with Crippen LogP contribution in [-0.2, 0) is 11.3 Å². The zero-order valence-corrected chi connectivity index (χ0v) is 13.9. The van der Waals surface area contributed by atoms with Gasteiger partial charge in [-0.1, -0.05) is 40.9 Å². The first-order chi connectivity index (χ1) is 10.9. The largest absolute Gasteiger partial charge is 0.350 e. The number of nitrogens with one attached hydrogen (secondary N) is 2. The van der Waals surface area contributed by atoms with Gasteiger partial charge in [-0.15, -0.1) is 0 Å². The lowest BCUT2D eigenvalue weighted by Crippen LogP contribution is -2.36. The molecule has 0 aliphatic carbocycles. The van der Waals surface area contributed by atoms with Crippen LogP contribution in [0.4, 0.5) is 0 Å². The third-order valence-electron chi connectivity index (χ3n) is 3.30. The molecule has 120 valence electrons. The van der Waals surface area contributed by atoms with E-state index < -0.39 is 0 Å². The fourth-order valence-corrected chi connectivity index (χ4v) is 2.36. The molecule has 2 aromatic rings. The smallest absolute Gasteiger partial charge is 0.251 e. The zero-order valence-electron chi connectivity index (χ0n) is 13.2. The highest BCUT2D eigenvalue weighted by Gasteiger charge is 2.09.